The summed E-state index contributed by atoms with van der Waals surface area (Å²) in [7, 11) is 1.69. The van der Waals surface area contributed by atoms with Crippen LogP contribution in [0.25, 0.3) is 11.3 Å². The van der Waals surface area contributed by atoms with Gasteiger partial charge in [0.1, 0.15) is 6.07 Å². The number of anilines is 1. The van der Waals surface area contributed by atoms with Gasteiger partial charge in [-0.15, -0.1) is 11.3 Å². The SMILES string of the molecule is CCOC(=O)/C(C#N)=C/Nc1nc(-c2ccc(CCOC)cc2)cs1. The fourth-order valence-corrected chi connectivity index (χ4v) is 2.70. The molecule has 0 aliphatic carbocycles. The molecule has 2 rings (SSSR count). The highest BCUT2D eigenvalue weighted by Crippen LogP contribution is 2.25. The Morgan fingerprint density at radius 1 is 1.40 bits per heavy atom. The van der Waals surface area contributed by atoms with Gasteiger partial charge in [0, 0.05) is 24.3 Å². The number of esters is 1. The second-order valence-corrected chi connectivity index (χ2v) is 5.87. The van der Waals surface area contributed by atoms with Gasteiger partial charge in [0.25, 0.3) is 0 Å². The molecule has 0 saturated heterocycles. The minimum Gasteiger partial charge on any atom is -0.462 e. The van der Waals surface area contributed by atoms with Crippen molar-refractivity contribution in [1.82, 2.24) is 4.98 Å². The van der Waals surface area contributed by atoms with Gasteiger partial charge in [-0.2, -0.15) is 5.26 Å². The summed E-state index contributed by atoms with van der Waals surface area (Å²) in [4.78, 5) is 16.0. The van der Waals surface area contributed by atoms with E-state index >= 15 is 0 Å². The zero-order valence-corrected chi connectivity index (χ0v) is 14.9. The van der Waals surface area contributed by atoms with Crippen LogP contribution in [-0.4, -0.2) is 31.3 Å². The number of nitrogens with zero attached hydrogens (tertiary/aromatic N) is 2. The number of ether oxygens (including phenoxy) is 2. The fraction of sp³-hybridized carbons (Fsp3) is 0.278. The smallest absolute Gasteiger partial charge is 0.350 e. The molecule has 0 spiro atoms. The summed E-state index contributed by atoms with van der Waals surface area (Å²) < 4.78 is 9.87. The molecule has 7 heteroatoms. The summed E-state index contributed by atoms with van der Waals surface area (Å²) in [5.74, 6) is -0.652. The number of nitriles is 1. The van der Waals surface area contributed by atoms with Gasteiger partial charge in [0.15, 0.2) is 10.7 Å². The Hall–Kier alpha value is -2.69. The zero-order valence-electron chi connectivity index (χ0n) is 14.1. The Bertz CT molecular complexity index is 776. The second kappa shape index (κ2) is 9.57. The topological polar surface area (TPSA) is 84.2 Å². The van der Waals surface area contributed by atoms with Gasteiger partial charge in [-0.3, -0.25) is 0 Å². The van der Waals surface area contributed by atoms with Gasteiger partial charge in [0.2, 0.25) is 0 Å². The Kier molecular flexibility index (Phi) is 7.14. The standard InChI is InChI=1S/C18H19N3O3S/c1-3-24-17(22)15(10-19)11-20-18-21-16(12-25-18)14-6-4-13(5-7-14)8-9-23-2/h4-7,11-12H,3,8-9H2,1-2H3,(H,20,21)/b15-11+. The second-order valence-electron chi connectivity index (χ2n) is 5.01. The van der Waals surface area contributed by atoms with Gasteiger partial charge in [-0.25, -0.2) is 9.78 Å². The molecule has 1 N–H and O–H groups in total. The van der Waals surface area contributed by atoms with Crippen molar-refractivity contribution in [2.45, 2.75) is 13.3 Å². The Labute approximate surface area is 150 Å². The van der Waals surface area contributed by atoms with Crippen LogP contribution in [0.1, 0.15) is 12.5 Å². The molecule has 0 aliphatic rings. The average Bonchev–Trinajstić information content (AvgIpc) is 3.10. The molecule has 1 heterocycles. The van der Waals surface area contributed by atoms with Crippen molar-refractivity contribution in [3.05, 3.63) is 47.0 Å². The lowest BCUT2D eigenvalue weighted by Crippen LogP contribution is -2.07. The van der Waals surface area contributed by atoms with Crippen molar-refractivity contribution in [1.29, 1.82) is 5.26 Å². The van der Waals surface area contributed by atoms with Crippen LogP contribution in [0.15, 0.2) is 41.4 Å². The first-order chi connectivity index (χ1) is 12.2. The first-order valence-corrected chi connectivity index (χ1v) is 8.63. The molecule has 6 nitrogen and oxygen atoms in total. The van der Waals surface area contributed by atoms with Crippen molar-refractivity contribution in [2.75, 3.05) is 25.6 Å². The fourth-order valence-electron chi connectivity index (χ4n) is 2.01. The number of thiazole rings is 1. The number of hydrogen-bond donors (Lipinski definition) is 1. The largest absolute Gasteiger partial charge is 0.462 e. The number of benzene rings is 1. The normalized spacial score (nSPS) is 11.0. The summed E-state index contributed by atoms with van der Waals surface area (Å²) in [6.45, 7) is 2.60. The lowest BCUT2D eigenvalue weighted by Gasteiger charge is -2.02. The van der Waals surface area contributed by atoms with E-state index in [2.05, 4.69) is 22.4 Å². The molecule has 0 saturated carbocycles. The maximum atomic E-state index is 11.6. The number of carbonyl (C=O) groups is 1. The van der Waals surface area contributed by atoms with E-state index in [1.807, 2.05) is 23.6 Å². The van der Waals surface area contributed by atoms with Crippen LogP contribution in [0.3, 0.4) is 0 Å². The minimum atomic E-state index is -0.652. The molecular weight excluding hydrogens is 338 g/mol. The Morgan fingerprint density at radius 3 is 2.80 bits per heavy atom. The summed E-state index contributed by atoms with van der Waals surface area (Å²) in [6.07, 6.45) is 2.19. The summed E-state index contributed by atoms with van der Waals surface area (Å²) in [5.41, 5.74) is 2.94. The predicted octanol–water partition coefficient (Wildman–Crippen LogP) is 3.38. The van der Waals surface area contributed by atoms with Crippen molar-refractivity contribution < 1.29 is 14.3 Å². The zero-order chi connectivity index (χ0) is 18.1. The highest BCUT2D eigenvalue weighted by molar-refractivity contribution is 7.14. The molecule has 0 amide bonds. The lowest BCUT2D eigenvalue weighted by molar-refractivity contribution is -0.138. The molecule has 0 atom stereocenters. The third-order valence-electron chi connectivity index (χ3n) is 3.30. The van der Waals surface area contributed by atoms with Crippen molar-refractivity contribution in [3.63, 3.8) is 0 Å². The minimum absolute atomic E-state index is 0.0962. The molecular formula is C18H19N3O3S. The number of rotatable bonds is 8. The number of carbonyl (C=O) groups excluding carboxylic acids is 1. The molecule has 1 aromatic heterocycles. The van der Waals surface area contributed by atoms with E-state index in [1.54, 1.807) is 14.0 Å². The quantitative estimate of drug-likeness (QED) is 0.443. The number of aromatic nitrogens is 1. The van der Waals surface area contributed by atoms with Crippen LogP contribution in [0.4, 0.5) is 5.13 Å². The monoisotopic (exact) mass is 357 g/mol. The van der Waals surface area contributed by atoms with Gasteiger partial charge in [-0.05, 0) is 18.9 Å². The van der Waals surface area contributed by atoms with Crippen molar-refractivity contribution in [3.8, 4) is 17.3 Å². The Balaban J connectivity index is 2.04. The third-order valence-corrected chi connectivity index (χ3v) is 4.08. The van der Waals surface area contributed by atoms with Crippen LogP contribution in [0.5, 0.6) is 0 Å². The van der Waals surface area contributed by atoms with Gasteiger partial charge in [-0.1, -0.05) is 24.3 Å². The lowest BCUT2D eigenvalue weighted by atomic mass is 10.1. The maximum Gasteiger partial charge on any atom is 0.350 e. The molecule has 0 radical (unpaired) electrons. The van der Waals surface area contributed by atoms with E-state index in [9.17, 15) is 4.79 Å². The number of methoxy groups -OCH3 is 1. The molecule has 2 aromatic rings. The molecule has 0 bridgehead atoms. The summed E-state index contributed by atoms with van der Waals surface area (Å²) >= 11 is 1.39. The third kappa shape index (κ3) is 5.41. The maximum absolute atomic E-state index is 11.6. The van der Waals surface area contributed by atoms with Crippen molar-refractivity contribution >= 4 is 22.4 Å². The highest BCUT2D eigenvalue weighted by atomic mass is 32.1. The van der Waals surface area contributed by atoms with Gasteiger partial charge >= 0.3 is 5.97 Å². The van der Waals surface area contributed by atoms with Crippen molar-refractivity contribution in [2.24, 2.45) is 0 Å². The molecule has 1 aromatic carbocycles. The van der Waals surface area contributed by atoms with E-state index in [-0.39, 0.29) is 12.2 Å². The van der Waals surface area contributed by atoms with Gasteiger partial charge in [0.05, 0.1) is 18.9 Å². The molecule has 0 aliphatic heterocycles. The molecule has 0 fully saturated rings. The predicted molar refractivity (Wildman–Crippen MR) is 97.1 cm³/mol. The van der Waals surface area contributed by atoms with Crippen LogP contribution < -0.4 is 5.32 Å². The summed E-state index contributed by atoms with van der Waals surface area (Å²) in [5, 5.41) is 14.4. The van der Waals surface area contributed by atoms with E-state index < -0.39 is 5.97 Å². The number of hydrogen-bond acceptors (Lipinski definition) is 7. The van der Waals surface area contributed by atoms with Crippen LogP contribution in [0.2, 0.25) is 0 Å². The first kappa shape index (κ1) is 18.6. The van der Waals surface area contributed by atoms with E-state index in [0.29, 0.717) is 11.7 Å². The van der Waals surface area contributed by atoms with Crippen LogP contribution >= 0.6 is 11.3 Å². The average molecular weight is 357 g/mol. The summed E-state index contributed by atoms with van der Waals surface area (Å²) in [6, 6.07) is 9.94. The van der Waals surface area contributed by atoms with Gasteiger partial charge < -0.3 is 14.8 Å². The van der Waals surface area contributed by atoms with E-state index in [1.165, 1.54) is 23.1 Å². The van der Waals surface area contributed by atoms with E-state index in [4.69, 9.17) is 14.7 Å². The van der Waals surface area contributed by atoms with E-state index in [0.717, 1.165) is 17.7 Å². The number of nitrogens with one attached hydrogen (secondary N) is 1. The highest BCUT2D eigenvalue weighted by Gasteiger charge is 2.10. The molecule has 0 unspecified atom stereocenters. The molecule has 25 heavy (non-hydrogen) atoms. The van der Waals surface area contributed by atoms with Crippen LogP contribution in [-0.2, 0) is 20.7 Å². The van der Waals surface area contributed by atoms with Crippen LogP contribution in [0, 0.1) is 11.3 Å². The Morgan fingerprint density at radius 2 is 2.16 bits per heavy atom. The molecule has 130 valence electrons. The first-order valence-electron chi connectivity index (χ1n) is 7.75.